The Morgan fingerprint density at radius 2 is 1.43 bits per heavy atom. The van der Waals surface area contributed by atoms with Crippen molar-refractivity contribution >= 4 is 29.1 Å². The number of hydrogen-bond acceptors (Lipinski definition) is 7. The van der Waals surface area contributed by atoms with Crippen LogP contribution in [0.5, 0.6) is 11.5 Å². The maximum Gasteiger partial charge on any atom is 0.254 e. The van der Waals surface area contributed by atoms with Crippen molar-refractivity contribution in [3.63, 3.8) is 0 Å². The van der Waals surface area contributed by atoms with E-state index >= 15 is 0 Å². The Bertz CT molecular complexity index is 1140. The molecule has 2 aromatic carbocycles. The number of anilines is 2. The van der Waals surface area contributed by atoms with Crippen LogP contribution in [0.4, 0.5) is 11.4 Å². The Balaban J connectivity index is 1.47. The zero-order valence-electron chi connectivity index (χ0n) is 21.7. The summed E-state index contributed by atoms with van der Waals surface area (Å²) < 4.78 is 10.6. The predicted octanol–water partition coefficient (Wildman–Crippen LogP) is 2.06. The quantitative estimate of drug-likeness (QED) is 0.615. The lowest BCUT2D eigenvalue weighted by Gasteiger charge is -2.37. The van der Waals surface area contributed by atoms with Crippen molar-refractivity contribution in [2.75, 3.05) is 76.8 Å². The van der Waals surface area contributed by atoms with Gasteiger partial charge >= 0.3 is 0 Å². The highest BCUT2D eigenvalue weighted by Gasteiger charge is 2.26. The number of nitrogens with one attached hydrogen (secondary N) is 2. The van der Waals surface area contributed by atoms with Crippen molar-refractivity contribution in [3.05, 3.63) is 47.5 Å². The van der Waals surface area contributed by atoms with Crippen LogP contribution < -0.4 is 25.0 Å². The molecular formula is C27H35N5O5. The number of hydrogen-bond donors (Lipinski definition) is 2. The molecule has 0 radical (unpaired) electrons. The fourth-order valence-corrected chi connectivity index (χ4v) is 4.77. The maximum absolute atomic E-state index is 13.1. The highest BCUT2D eigenvalue weighted by molar-refractivity contribution is 5.99. The summed E-state index contributed by atoms with van der Waals surface area (Å²) in [7, 11) is 3.10. The Labute approximate surface area is 217 Å². The lowest BCUT2D eigenvalue weighted by atomic mass is 10.1. The first-order chi connectivity index (χ1) is 17.9. The van der Waals surface area contributed by atoms with Gasteiger partial charge in [-0.15, -0.1) is 0 Å². The van der Waals surface area contributed by atoms with E-state index in [4.69, 9.17) is 9.47 Å². The highest BCUT2D eigenvalue weighted by Crippen LogP contribution is 2.31. The molecule has 10 nitrogen and oxygen atoms in total. The topological polar surface area (TPSA) is 103 Å². The molecule has 2 fully saturated rings. The molecule has 2 N–H and O–H groups in total. The largest absolute Gasteiger partial charge is 0.493 e. The molecule has 3 amide bonds. The van der Waals surface area contributed by atoms with Gasteiger partial charge in [0.1, 0.15) is 0 Å². The lowest BCUT2D eigenvalue weighted by Crippen LogP contribution is -2.49. The van der Waals surface area contributed by atoms with E-state index in [2.05, 4.69) is 15.5 Å². The van der Waals surface area contributed by atoms with Gasteiger partial charge in [0.2, 0.25) is 5.91 Å². The highest BCUT2D eigenvalue weighted by atomic mass is 16.5. The van der Waals surface area contributed by atoms with E-state index in [1.807, 2.05) is 17.0 Å². The molecule has 4 rings (SSSR count). The molecule has 0 unspecified atom stereocenters. The van der Waals surface area contributed by atoms with Crippen LogP contribution in [0.25, 0.3) is 0 Å². The number of methoxy groups -OCH3 is 2. The fourth-order valence-electron chi connectivity index (χ4n) is 4.77. The molecule has 198 valence electrons. The first-order valence-corrected chi connectivity index (χ1v) is 12.6. The average Bonchev–Trinajstić information content (AvgIpc) is 3.21. The normalized spacial score (nSPS) is 16.1. The summed E-state index contributed by atoms with van der Waals surface area (Å²) in [4.78, 5) is 44.0. The molecular weight excluding hydrogens is 474 g/mol. The fraction of sp³-hybridized carbons (Fsp3) is 0.444. The Morgan fingerprint density at radius 3 is 2.11 bits per heavy atom. The molecule has 37 heavy (non-hydrogen) atoms. The number of piperazine rings is 1. The van der Waals surface area contributed by atoms with E-state index in [0.717, 1.165) is 25.2 Å². The van der Waals surface area contributed by atoms with Crippen LogP contribution >= 0.6 is 0 Å². The van der Waals surface area contributed by atoms with Crippen molar-refractivity contribution in [3.8, 4) is 11.5 Å². The van der Waals surface area contributed by atoms with Gasteiger partial charge in [-0.2, -0.15) is 0 Å². The molecule has 2 aliphatic heterocycles. The van der Waals surface area contributed by atoms with Crippen molar-refractivity contribution in [1.29, 1.82) is 0 Å². The number of rotatable bonds is 6. The summed E-state index contributed by atoms with van der Waals surface area (Å²) in [5.41, 5.74) is 2.53. The van der Waals surface area contributed by atoms with Crippen LogP contribution in [0.3, 0.4) is 0 Å². The minimum atomic E-state index is -0.202. The van der Waals surface area contributed by atoms with Gasteiger partial charge in [-0.1, -0.05) is 0 Å². The van der Waals surface area contributed by atoms with Crippen molar-refractivity contribution in [1.82, 2.24) is 15.1 Å². The van der Waals surface area contributed by atoms with E-state index < -0.39 is 0 Å². The monoisotopic (exact) mass is 509 g/mol. The Morgan fingerprint density at radius 1 is 0.784 bits per heavy atom. The first-order valence-electron chi connectivity index (χ1n) is 12.6. The van der Waals surface area contributed by atoms with Gasteiger partial charge in [0.05, 0.1) is 25.6 Å². The Hall–Kier alpha value is -3.79. The number of carbonyl (C=O) groups is 3. The molecule has 2 aromatic rings. The van der Waals surface area contributed by atoms with Crippen LogP contribution in [0, 0.1) is 0 Å². The molecule has 0 spiro atoms. The summed E-state index contributed by atoms with van der Waals surface area (Å²) in [6, 6.07) is 10.6. The number of benzene rings is 2. The summed E-state index contributed by atoms with van der Waals surface area (Å²) in [5.74, 6) is 0.775. The summed E-state index contributed by atoms with van der Waals surface area (Å²) in [6.07, 6.45) is 0.911. The zero-order valence-corrected chi connectivity index (χ0v) is 21.7. The van der Waals surface area contributed by atoms with Crippen molar-refractivity contribution < 1.29 is 23.9 Å². The average molecular weight is 510 g/mol. The predicted molar refractivity (Wildman–Crippen MR) is 142 cm³/mol. The van der Waals surface area contributed by atoms with Crippen LogP contribution in [0.2, 0.25) is 0 Å². The number of ether oxygens (including phenoxy) is 2. The smallest absolute Gasteiger partial charge is 0.254 e. The second kappa shape index (κ2) is 12.0. The summed E-state index contributed by atoms with van der Waals surface area (Å²) >= 11 is 0. The van der Waals surface area contributed by atoms with Crippen LogP contribution in [-0.2, 0) is 4.79 Å². The minimum Gasteiger partial charge on any atom is -0.493 e. The van der Waals surface area contributed by atoms with Gasteiger partial charge in [0.25, 0.3) is 11.8 Å². The maximum atomic E-state index is 13.1. The second-order valence-electron chi connectivity index (χ2n) is 9.16. The van der Waals surface area contributed by atoms with E-state index in [-0.39, 0.29) is 17.7 Å². The molecule has 0 aromatic heterocycles. The van der Waals surface area contributed by atoms with Crippen molar-refractivity contribution in [2.45, 2.75) is 13.3 Å². The van der Waals surface area contributed by atoms with Gasteiger partial charge in [-0.25, -0.2) is 0 Å². The molecule has 10 heteroatoms. The SMILES string of the molecule is COc1ccc(C(=O)N2CCN(c3ccc(C(=O)N4CCCNCC4)cc3NC(C)=O)CC2)cc1OC. The standard InChI is InChI=1S/C27H35N5O5/c1-19(33)29-22-17-20(26(34)31-11-4-9-28-10-12-31)5-7-23(22)30-13-15-32(16-14-30)27(35)21-6-8-24(36-2)25(18-21)37-3/h5-8,17-18,28H,4,9-16H2,1-3H3,(H,29,33). The Kier molecular flexibility index (Phi) is 8.50. The molecule has 2 heterocycles. The van der Waals surface area contributed by atoms with Crippen LogP contribution in [0.1, 0.15) is 34.1 Å². The number of amides is 3. The van der Waals surface area contributed by atoms with Gasteiger partial charge < -0.3 is 34.8 Å². The first kappa shape index (κ1) is 26.3. The van der Waals surface area contributed by atoms with E-state index in [1.54, 1.807) is 43.4 Å². The van der Waals surface area contributed by atoms with Gasteiger partial charge in [0, 0.05) is 63.9 Å². The molecule has 0 aliphatic carbocycles. The van der Waals surface area contributed by atoms with E-state index in [1.165, 1.54) is 6.92 Å². The van der Waals surface area contributed by atoms with Crippen LogP contribution in [-0.4, -0.2) is 94.1 Å². The van der Waals surface area contributed by atoms with Gasteiger partial charge in [0.15, 0.2) is 11.5 Å². The third-order valence-electron chi connectivity index (χ3n) is 6.72. The molecule has 0 atom stereocenters. The van der Waals surface area contributed by atoms with Gasteiger partial charge in [-0.3, -0.25) is 14.4 Å². The third-order valence-corrected chi connectivity index (χ3v) is 6.72. The molecule has 0 saturated carbocycles. The van der Waals surface area contributed by atoms with Crippen molar-refractivity contribution in [2.24, 2.45) is 0 Å². The molecule has 2 aliphatic rings. The third kappa shape index (κ3) is 6.14. The molecule has 0 bridgehead atoms. The number of nitrogens with zero attached hydrogens (tertiary/aromatic N) is 3. The van der Waals surface area contributed by atoms with E-state index in [0.29, 0.717) is 67.6 Å². The second-order valence-corrected chi connectivity index (χ2v) is 9.16. The van der Waals surface area contributed by atoms with Crippen LogP contribution in [0.15, 0.2) is 36.4 Å². The zero-order chi connectivity index (χ0) is 26.4. The summed E-state index contributed by atoms with van der Waals surface area (Å²) in [6.45, 7) is 6.73. The van der Waals surface area contributed by atoms with E-state index in [9.17, 15) is 14.4 Å². The molecule has 2 saturated heterocycles. The summed E-state index contributed by atoms with van der Waals surface area (Å²) in [5, 5.41) is 6.20. The van der Waals surface area contributed by atoms with Gasteiger partial charge in [-0.05, 0) is 49.4 Å². The number of carbonyl (C=O) groups excluding carboxylic acids is 3. The lowest BCUT2D eigenvalue weighted by molar-refractivity contribution is -0.114. The minimum absolute atomic E-state index is 0.0350.